The van der Waals surface area contributed by atoms with Crippen LogP contribution in [0.15, 0.2) is 17.2 Å². The molecule has 2 rings (SSSR count). The molecule has 0 spiro atoms. The van der Waals surface area contributed by atoms with Crippen LogP contribution in [0.5, 0.6) is 0 Å². The molecule has 1 nitrogen and oxygen atoms in total. The van der Waals surface area contributed by atoms with E-state index in [-0.39, 0.29) is 16.8 Å². The molecule has 1 N–H and O–H groups in total. The highest BCUT2D eigenvalue weighted by atomic mass is 32.1. The first-order chi connectivity index (χ1) is 8.84. The standard InChI is InChI=1S/C13H11F4NS/c1-5(2)8-9(7-3-6(19)4-18-7)11(15)13(17)12(16)10(8)14/h3-5,18-19H,1-2H3. The molecular weight excluding hydrogens is 278 g/mol. The predicted octanol–water partition coefficient (Wildman–Crippen LogP) is 4.65. The fourth-order valence-corrected chi connectivity index (χ4v) is 2.18. The zero-order chi connectivity index (χ0) is 14.3. The number of nitrogens with one attached hydrogen (secondary N) is 1. The maximum Gasteiger partial charge on any atom is 0.198 e. The second-order valence-corrected chi connectivity index (χ2v) is 4.99. The molecule has 6 heteroatoms. The molecule has 102 valence electrons. The van der Waals surface area contributed by atoms with Gasteiger partial charge < -0.3 is 4.98 Å². The van der Waals surface area contributed by atoms with Gasteiger partial charge in [-0.15, -0.1) is 12.6 Å². The molecule has 0 unspecified atom stereocenters. The van der Waals surface area contributed by atoms with Crippen molar-refractivity contribution in [3.8, 4) is 11.3 Å². The van der Waals surface area contributed by atoms with Crippen molar-refractivity contribution in [1.29, 1.82) is 0 Å². The zero-order valence-corrected chi connectivity index (χ0v) is 11.1. The highest BCUT2D eigenvalue weighted by Crippen LogP contribution is 2.36. The van der Waals surface area contributed by atoms with Crippen LogP contribution in [-0.2, 0) is 0 Å². The molecule has 1 aromatic carbocycles. The average molecular weight is 289 g/mol. The Hall–Kier alpha value is -1.43. The molecule has 1 aromatic heterocycles. The molecule has 0 atom stereocenters. The van der Waals surface area contributed by atoms with E-state index in [1.165, 1.54) is 12.3 Å². The van der Waals surface area contributed by atoms with E-state index in [9.17, 15) is 17.6 Å². The van der Waals surface area contributed by atoms with E-state index in [0.717, 1.165) is 0 Å². The summed E-state index contributed by atoms with van der Waals surface area (Å²) in [4.78, 5) is 3.14. The lowest BCUT2D eigenvalue weighted by atomic mass is 9.93. The second kappa shape index (κ2) is 4.92. The van der Waals surface area contributed by atoms with Crippen LogP contribution < -0.4 is 0 Å². The Morgan fingerprint density at radius 2 is 1.58 bits per heavy atom. The number of hydrogen-bond donors (Lipinski definition) is 2. The van der Waals surface area contributed by atoms with Crippen molar-refractivity contribution in [3.63, 3.8) is 0 Å². The molecule has 0 bridgehead atoms. The summed E-state index contributed by atoms with van der Waals surface area (Å²) in [6.07, 6.45) is 1.45. The van der Waals surface area contributed by atoms with Crippen LogP contribution in [0.1, 0.15) is 25.3 Å². The Labute approximate surface area is 113 Å². The van der Waals surface area contributed by atoms with Crippen molar-refractivity contribution in [2.45, 2.75) is 24.7 Å². The summed E-state index contributed by atoms with van der Waals surface area (Å²) in [5.41, 5.74) is -0.345. The fourth-order valence-electron chi connectivity index (χ4n) is 1.98. The summed E-state index contributed by atoms with van der Waals surface area (Å²) in [6, 6.07) is 1.42. The smallest absolute Gasteiger partial charge is 0.198 e. The van der Waals surface area contributed by atoms with E-state index in [1.54, 1.807) is 13.8 Å². The first kappa shape index (κ1) is 14.0. The Morgan fingerprint density at radius 3 is 2.05 bits per heavy atom. The number of thiol groups is 1. The summed E-state index contributed by atoms with van der Waals surface area (Å²) in [6.45, 7) is 3.15. The second-order valence-electron chi connectivity index (χ2n) is 4.47. The lowest BCUT2D eigenvalue weighted by Gasteiger charge is -2.15. The summed E-state index contributed by atoms with van der Waals surface area (Å²) < 4.78 is 54.4. The van der Waals surface area contributed by atoms with Gasteiger partial charge in [-0.25, -0.2) is 17.6 Å². The van der Waals surface area contributed by atoms with Gasteiger partial charge >= 0.3 is 0 Å². The average Bonchev–Trinajstić information content (AvgIpc) is 2.76. The monoisotopic (exact) mass is 289 g/mol. The first-order valence-corrected chi connectivity index (χ1v) is 6.02. The SMILES string of the molecule is CC(C)c1c(F)c(F)c(F)c(F)c1-c1cc(S)c[nH]1. The third kappa shape index (κ3) is 2.25. The maximum atomic E-state index is 13.9. The molecule has 0 aliphatic heterocycles. The third-order valence-electron chi connectivity index (χ3n) is 2.82. The number of rotatable bonds is 2. The predicted molar refractivity (Wildman–Crippen MR) is 67.4 cm³/mol. The third-order valence-corrected chi connectivity index (χ3v) is 3.08. The Kier molecular flexibility index (Phi) is 3.62. The maximum absolute atomic E-state index is 13.9. The summed E-state index contributed by atoms with van der Waals surface area (Å²) in [5.74, 6) is -6.88. The lowest BCUT2D eigenvalue weighted by molar-refractivity contribution is 0.403. The van der Waals surface area contributed by atoms with Gasteiger partial charge in [-0.2, -0.15) is 0 Å². The molecule has 0 radical (unpaired) electrons. The van der Waals surface area contributed by atoms with Crippen LogP contribution in [0.4, 0.5) is 17.6 Å². The fraction of sp³-hybridized carbons (Fsp3) is 0.231. The highest BCUT2D eigenvalue weighted by molar-refractivity contribution is 7.80. The van der Waals surface area contributed by atoms with Gasteiger partial charge in [0.15, 0.2) is 23.3 Å². The number of halogens is 4. The van der Waals surface area contributed by atoms with Crippen molar-refractivity contribution in [3.05, 3.63) is 41.1 Å². The van der Waals surface area contributed by atoms with Crippen LogP contribution >= 0.6 is 12.6 Å². The highest BCUT2D eigenvalue weighted by Gasteiger charge is 2.28. The van der Waals surface area contributed by atoms with Crippen molar-refractivity contribution >= 4 is 12.6 Å². The van der Waals surface area contributed by atoms with Gasteiger partial charge in [0.2, 0.25) is 0 Å². The van der Waals surface area contributed by atoms with Crippen LogP contribution in [0.3, 0.4) is 0 Å². The summed E-state index contributed by atoms with van der Waals surface area (Å²) in [5, 5.41) is 0. The van der Waals surface area contributed by atoms with Gasteiger partial charge in [-0.3, -0.25) is 0 Å². The Bertz CT molecular complexity index is 634. The van der Waals surface area contributed by atoms with Gasteiger partial charge in [0.1, 0.15) is 0 Å². The van der Waals surface area contributed by atoms with Crippen LogP contribution in [0.2, 0.25) is 0 Å². The van der Waals surface area contributed by atoms with Crippen LogP contribution in [-0.4, -0.2) is 4.98 Å². The molecule has 0 aliphatic carbocycles. The molecule has 2 aromatic rings. The number of aromatic nitrogens is 1. The van der Waals surface area contributed by atoms with Gasteiger partial charge in [-0.05, 0) is 12.0 Å². The van der Waals surface area contributed by atoms with E-state index < -0.39 is 29.2 Å². The van der Waals surface area contributed by atoms with Gasteiger partial charge in [0.25, 0.3) is 0 Å². The van der Waals surface area contributed by atoms with Gasteiger partial charge in [0.05, 0.1) is 0 Å². The number of H-pyrrole nitrogens is 1. The number of hydrogen-bond acceptors (Lipinski definition) is 1. The van der Waals surface area contributed by atoms with Crippen molar-refractivity contribution in [2.24, 2.45) is 0 Å². The Morgan fingerprint density at radius 1 is 1.00 bits per heavy atom. The minimum Gasteiger partial charge on any atom is -0.360 e. The van der Waals surface area contributed by atoms with Gasteiger partial charge in [0, 0.05) is 27.9 Å². The van der Waals surface area contributed by atoms with Crippen molar-refractivity contribution < 1.29 is 17.6 Å². The first-order valence-electron chi connectivity index (χ1n) is 5.58. The minimum absolute atomic E-state index is 0.156. The van der Waals surface area contributed by atoms with Crippen LogP contribution in [0, 0.1) is 23.3 Å². The molecule has 0 saturated heterocycles. The number of aromatic amines is 1. The van der Waals surface area contributed by atoms with Gasteiger partial charge in [-0.1, -0.05) is 13.8 Å². The van der Waals surface area contributed by atoms with E-state index in [2.05, 4.69) is 17.6 Å². The van der Waals surface area contributed by atoms with Crippen molar-refractivity contribution in [1.82, 2.24) is 4.98 Å². The summed E-state index contributed by atoms with van der Waals surface area (Å²) >= 11 is 4.03. The molecule has 0 fully saturated rings. The number of benzene rings is 1. The molecular formula is C13H11F4NS. The molecule has 19 heavy (non-hydrogen) atoms. The molecule has 0 aliphatic rings. The largest absolute Gasteiger partial charge is 0.360 e. The summed E-state index contributed by atoms with van der Waals surface area (Å²) in [7, 11) is 0. The molecule has 1 heterocycles. The normalized spacial score (nSPS) is 11.4. The van der Waals surface area contributed by atoms with E-state index in [4.69, 9.17) is 0 Å². The molecule has 0 saturated carbocycles. The van der Waals surface area contributed by atoms with Crippen LogP contribution in [0.25, 0.3) is 11.3 Å². The quantitative estimate of drug-likeness (QED) is 0.346. The van der Waals surface area contributed by atoms with E-state index in [1.807, 2.05) is 0 Å². The van der Waals surface area contributed by atoms with Crippen molar-refractivity contribution in [2.75, 3.05) is 0 Å². The Balaban J connectivity index is 2.85. The lowest BCUT2D eigenvalue weighted by Crippen LogP contribution is -2.07. The van der Waals surface area contributed by atoms with E-state index >= 15 is 0 Å². The van der Waals surface area contributed by atoms with E-state index in [0.29, 0.717) is 4.90 Å². The zero-order valence-electron chi connectivity index (χ0n) is 10.2. The topological polar surface area (TPSA) is 15.8 Å². The minimum atomic E-state index is -1.81. The molecule has 0 amide bonds.